The van der Waals surface area contributed by atoms with Crippen LogP contribution in [-0.4, -0.2) is 55.4 Å². The largest absolute Gasteiger partial charge is 0.491 e. The zero-order valence-corrected chi connectivity index (χ0v) is 20.0. The molecular formula is C29H37FN2O2. The smallest absolute Gasteiger partial charge is 0.123 e. The van der Waals surface area contributed by atoms with E-state index in [4.69, 9.17) is 4.74 Å². The highest BCUT2D eigenvalue weighted by Gasteiger charge is 2.51. The maximum atomic E-state index is 13.2. The molecule has 4 nitrogen and oxygen atoms in total. The fourth-order valence-electron chi connectivity index (χ4n) is 7.75. The van der Waals surface area contributed by atoms with Gasteiger partial charge in [-0.15, -0.1) is 0 Å². The molecule has 1 aliphatic heterocycles. The standard InChI is InChI=1S/C29H37FN2O2/c30-25-3-5-26(6-4-25)32-11-9-31(10-12-32)19-27(33)20-34-28-7-1-24(2-8-28)29-16-21-13-22(17-29)15-23(14-21)18-29/h1-8,21-23,27,33H,9-20H2/t21?,22?,23?,27-,29?/m1/s1. The van der Waals surface area contributed by atoms with Crippen molar-refractivity contribution in [2.24, 2.45) is 17.8 Å². The third-order valence-corrected chi connectivity index (χ3v) is 8.98. The number of anilines is 1. The van der Waals surface area contributed by atoms with E-state index >= 15 is 0 Å². The van der Waals surface area contributed by atoms with Crippen LogP contribution in [0.2, 0.25) is 0 Å². The predicted octanol–water partition coefficient (Wildman–Crippen LogP) is 4.86. The molecule has 0 amide bonds. The summed E-state index contributed by atoms with van der Waals surface area (Å²) in [6.07, 6.45) is 8.05. The molecule has 7 rings (SSSR count). The molecule has 5 heteroatoms. The van der Waals surface area contributed by atoms with Crippen LogP contribution in [0.15, 0.2) is 48.5 Å². The fourth-order valence-corrected chi connectivity index (χ4v) is 7.75. The monoisotopic (exact) mass is 464 g/mol. The SMILES string of the molecule is O[C@@H](COc1ccc(C23CC4CC(CC(C4)C2)C3)cc1)CN1CCN(c2ccc(F)cc2)CC1. The summed E-state index contributed by atoms with van der Waals surface area (Å²) in [4.78, 5) is 4.55. The molecule has 2 aromatic carbocycles. The van der Waals surface area contributed by atoms with Crippen LogP contribution in [-0.2, 0) is 5.41 Å². The lowest BCUT2D eigenvalue weighted by molar-refractivity contribution is -0.00522. The second kappa shape index (κ2) is 9.16. The van der Waals surface area contributed by atoms with Crippen LogP contribution >= 0.6 is 0 Å². The molecule has 2 aromatic rings. The fraction of sp³-hybridized carbons (Fsp3) is 0.586. The van der Waals surface area contributed by atoms with E-state index in [-0.39, 0.29) is 5.82 Å². The number of hydrogen-bond donors (Lipinski definition) is 1. The Hall–Kier alpha value is -2.11. The molecule has 5 fully saturated rings. The first kappa shape index (κ1) is 22.4. The van der Waals surface area contributed by atoms with E-state index in [0.29, 0.717) is 18.6 Å². The van der Waals surface area contributed by atoms with Crippen molar-refractivity contribution in [2.45, 2.75) is 50.0 Å². The maximum Gasteiger partial charge on any atom is 0.123 e. The van der Waals surface area contributed by atoms with Gasteiger partial charge in [-0.25, -0.2) is 4.39 Å². The van der Waals surface area contributed by atoms with E-state index in [9.17, 15) is 9.50 Å². The molecule has 34 heavy (non-hydrogen) atoms. The highest BCUT2D eigenvalue weighted by atomic mass is 19.1. The molecule has 4 saturated carbocycles. The van der Waals surface area contributed by atoms with E-state index in [1.54, 1.807) is 0 Å². The minimum atomic E-state index is -0.514. The van der Waals surface area contributed by atoms with Crippen molar-refractivity contribution in [1.82, 2.24) is 4.90 Å². The van der Waals surface area contributed by atoms with E-state index in [0.717, 1.165) is 55.4 Å². The maximum absolute atomic E-state index is 13.2. The van der Waals surface area contributed by atoms with Gasteiger partial charge in [0.05, 0.1) is 0 Å². The quantitative estimate of drug-likeness (QED) is 0.635. The van der Waals surface area contributed by atoms with Crippen molar-refractivity contribution in [3.63, 3.8) is 0 Å². The average molecular weight is 465 g/mol. The minimum absolute atomic E-state index is 0.201. The van der Waals surface area contributed by atoms with Crippen LogP contribution in [0.25, 0.3) is 0 Å². The van der Waals surface area contributed by atoms with Gasteiger partial charge in [0.2, 0.25) is 0 Å². The molecule has 4 aliphatic carbocycles. The second-order valence-electron chi connectivity index (χ2n) is 11.5. The van der Waals surface area contributed by atoms with Crippen LogP contribution in [0.1, 0.15) is 44.1 Å². The van der Waals surface area contributed by atoms with Crippen LogP contribution in [0.3, 0.4) is 0 Å². The number of benzene rings is 2. The number of nitrogens with zero attached hydrogens (tertiary/aromatic N) is 2. The zero-order chi connectivity index (χ0) is 23.1. The van der Waals surface area contributed by atoms with Crippen molar-refractivity contribution in [2.75, 3.05) is 44.2 Å². The third-order valence-electron chi connectivity index (χ3n) is 8.98. The van der Waals surface area contributed by atoms with Gasteiger partial charge in [0.15, 0.2) is 0 Å². The molecular weight excluding hydrogens is 427 g/mol. The Morgan fingerprint density at radius 1 is 0.853 bits per heavy atom. The predicted molar refractivity (Wildman–Crippen MR) is 133 cm³/mol. The topological polar surface area (TPSA) is 35.9 Å². The molecule has 5 aliphatic rings. The summed E-state index contributed by atoms with van der Waals surface area (Å²) >= 11 is 0. The molecule has 0 aromatic heterocycles. The van der Waals surface area contributed by atoms with Gasteiger partial charge in [-0.2, -0.15) is 0 Å². The summed E-state index contributed by atoms with van der Waals surface area (Å²) < 4.78 is 19.1. The molecule has 1 atom stereocenters. The summed E-state index contributed by atoms with van der Waals surface area (Å²) in [6.45, 7) is 4.45. The van der Waals surface area contributed by atoms with Crippen LogP contribution in [0, 0.1) is 23.6 Å². The number of aliphatic hydroxyl groups excluding tert-OH is 1. The Labute approximate surface area is 202 Å². The number of piperazine rings is 1. The molecule has 0 radical (unpaired) electrons. The Bertz CT molecular complexity index is 933. The van der Waals surface area contributed by atoms with Gasteiger partial charge in [0, 0.05) is 38.4 Å². The third kappa shape index (κ3) is 4.57. The van der Waals surface area contributed by atoms with Crippen molar-refractivity contribution in [3.8, 4) is 5.75 Å². The van der Waals surface area contributed by atoms with Gasteiger partial charge in [0.25, 0.3) is 0 Å². The minimum Gasteiger partial charge on any atom is -0.491 e. The number of β-amino-alcohol motifs (C(OH)–C–C–N with tert-alkyl or cyclic N) is 1. The van der Waals surface area contributed by atoms with Crippen molar-refractivity contribution >= 4 is 5.69 Å². The molecule has 4 bridgehead atoms. The van der Waals surface area contributed by atoms with Gasteiger partial charge in [-0.05, 0) is 104 Å². The Morgan fingerprint density at radius 2 is 1.44 bits per heavy atom. The van der Waals surface area contributed by atoms with Gasteiger partial charge in [-0.3, -0.25) is 4.90 Å². The molecule has 0 unspecified atom stereocenters. The van der Waals surface area contributed by atoms with Crippen LogP contribution < -0.4 is 9.64 Å². The lowest BCUT2D eigenvalue weighted by Crippen LogP contribution is -2.49. The summed E-state index contributed by atoms with van der Waals surface area (Å²) in [5, 5.41) is 10.6. The molecule has 1 saturated heterocycles. The van der Waals surface area contributed by atoms with Gasteiger partial charge >= 0.3 is 0 Å². The van der Waals surface area contributed by atoms with Gasteiger partial charge < -0.3 is 14.7 Å². The van der Waals surface area contributed by atoms with Gasteiger partial charge in [-0.1, -0.05) is 12.1 Å². The van der Waals surface area contributed by atoms with E-state index in [2.05, 4.69) is 34.1 Å². The number of rotatable bonds is 7. The second-order valence-corrected chi connectivity index (χ2v) is 11.5. The Kier molecular flexibility index (Phi) is 6.02. The van der Waals surface area contributed by atoms with Crippen molar-refractivity contribution in [1.29, 1.82) is 0 Å². The number of hydrogen-bond acceptors (Lipinski definition) is 4. The Balaban J connectivity index is 0.973. The number of aliphatic hydroxyl groups is 1. The van der Waals surface area contributed by atoms with Crippen LogP contribution in [0.4, 0.5) is 10.1 Å². The summed E-state index contributed by atoms with van der Waals surface area (Å²) in [5.41, 5.74) is 2.99. The lowest BCUT2D eigenvalue weighted by Gasteiger charge is -2.57. The number of halogens is 1. The molecule has 1 N–H and O–H groups in total. The van der Waals surface area contributed by atoms with E-state index in [1.165, 1.54) is 56.2 Å². The summed E-state index contributed by atoms with van der Waals surface area (Å²) in [7, 11) is 0. The molecule has 1 heterocycles. The van der Waals surface area contributed by atoms with Crippen molar-refractivity contribution in [3.05, 3.63) is 59.9 Å². The van der Waals surface area contributed by atoms with E-state index < -0.39 is 6.10 Å². The zero-order valence-electron chi connectivity index (χ0n) is 20.0. The van der Waals surface area contributed by atoms with Crippen LogP contribution in [0.5, 0.6) is 5.75 Å². The normalized spacial score (nSPS) is 31.6. The highest BCUT2D eigenvalue weighted by molar-refractivity contribution is 5.46. The highest BCUT2D eigenvalue weighted by Crippen LogP contribution is 2.60. The lowest BCUT2D eigenvalue weighted by atomic mass is 9.48. The van der Waals surface area contributed by atoms with Gasteiger partial charge in [0.1, 0.15) is 24.3 Å². The first-order valence-corrected chi connectivity index (χ1v) is 13.2. The first-order valence-electron chi connectivity index (χ1n) is 13.2. The summed E-state index contributed by atoms with van der Waals surface area (Å²) in [6, 6.07) is 15.5. The Morgan fingerprint density at radius 3 is 2.03 bits per heavy atom. The summed E-state index contributed by atoms with van der Waals surface area (Å²) in [5.74, 6) is 3.51. The average Bonchev–Trinajstić information content (AvgIpc) is 2.83. The number of ether oxygens (including phenoxy) is 1. The van der Waals surface area contributed by atoms with Crippen molar-refractivity contribution < 1.29 is 14.2 Å². The van der Waals surface area contributed by atoms with E-state index in [1.807, 2.05) is 12.1 Å². The molecule has 182 valence electrons. The molecule has 0 spiro atoms. The first-order chi connectivity index (χ1) is 16.5.